The van der Waals surface area contributed by atoms with Crippen LogP contribution in [0.25, 0.3) is 0 Å². The molecule has 0 unspecified atom stereocenters. The number of fused-ring (bicyclic) bond motifs is 1. The number of hydrogen-bond acceptors (Lipinski definition) is 6. The summed E-state index contributed by atoms with van der Waals surface area (Å²) in [6.45, 7) is 1.20. The molecule has 0 saturated carbocycles. The number of rotatable bonds is 4. The van der Waals surface area contributed by atoms with E-state index in [9.17, 15) is 18.0 Å². The van der Waals surface area contributed by atoms with Crippen LogP contribution in [0.4, 0.5) is 5.69 Å². The van der Waals surface area contributed by atoms with Crippen LogP contribution in [0.1, 0.15) is 0 Å². The normalized spacial score (nSPS) is 17.5. The second-order valence-corrected chi connectivity index (χ2v) is 8.29. The highest BCUT2D eigenvalue weighted by Gasteiger charge is 2.30. The summed E-state index contributed by atoms with van der Waals surface area (Å²) in [5, 5.41) is 2.49. The summed E-state index contributed by atoms with van der Waals surface area (Å²) in [4.78, 5) is 25.0. The first kappa shape index (κ1) is 18.9. The topological polar surface area (TPSA) is 105 Å². The van der Waals surface area contributed by atoms with E-state index < -0.39 is 10.0 Å². The Balaban J connectivity index is 1.80. The van der Waals surface area contributed by atoms with Crippen LogP contribution in [-0.2, 0) is 24.3 Å². The summed E-state index contributed by atoms with van der Waals surface area (Å²) in [5.74, 6) is -0.449. The van der Waals surface area contributed by atoms with Crippen LogP contribution in [0.5, 0.6) is 5.75 Å². The lowest BCUT2D eigenvalue weighted by molar-refractivity contribution is -0.135. The minimum absolute atomic E-state index is 0.0692. The summed E-state index contributed by atoms with van der Waals surface area (Å²) in [6.07, 6.45) is 0. The number of likely N-dealkylation sites (N-methyl/N-ethyl adjacent to an activating group) is 1. The van der Waals surface area contributed by atoms with E-state index in [4.69, 9.17) is 21.1 Å². The number of halogens is 1. The minimum Gasteiger partial charge on any atom is -0.482 e. The molecule has 0 spiro atoms. The number of sulfonamides is 1. The van der Waals surface area contributed by atoms with Gasteiger partial charge in [0.2, 0.25) is 15.9 Å². The Morgan fingerprint density at radius 1 is 1.35 bits per heavy atom. The molecule has 2 aliphatic rings. The maximum Gasteiger partial charge on any atom is 0.262 e. The number of hydrogen-bond donors (Lipinski definition) is 1. The Kier molecular flexibility index (Phi) is 5.37. The van der Waals surface area contributed by atoms with Gasteiger partial charge < -0.3 is 19.7 Å². The van der Waals surface area contributed by atoms with Gasteiger partial charge in [0, 0.05) is 26.2 Å². The molecule has 1 fully saturated rings. The standard InChI is InChI=1S/C15H18ClN3O6S/c1-18(8-15(21)19-2-4-24-5-3-19)26(22,23)13-7-12-11(6-10(13)16)17-14(20)9-25-12/h6-7H,2-5,8-9H2,1H3,(H,17,20). The molecule has 2 aliphatic heterocycles. The quantitative estimate of drug-likeness (QED) is 0.767. The van der Waals surface area contributed by atoms with Crippen molar-refractivity contribution in [2.75, 3.05) is 51.8 Å². The summed E-state index contributed by atoms with van der Waals surface area (Å²) in [7, 11) is -2.71. The maximum absolute atomic E-state index is 12.8. The molecular formula is C15H18ClN3O6S. The van der Waals surface area contributed by atoms with E-state index >= 15 is 0 Å². The van der Waals surface area contributed by atoms with Gasteiger partial charge in [-0.3, -0.25) is 9.59 Å². The van der Waals surface area contributed by atoms with Gasteiger partial charge in [0.1, 0.15) is 10.6 Å². The van der Waals surface area contributed by atoms with E-state index in [0.29, 0.717) is 32.0 Å². The van der Waals surface area contributed by atoms with Gasteiger partial charge in [-0.05, 0) is 6.07 Å². The smallest absolute Gasteiger partial charge is 0.262 e. The predicted molar refractivity (Wildman–Crippen MR) is 92.8 cm³/mol. The Labute approximate surface area is 155 Å². The lowest BCUT2D eigenvalue weighted by atomic mass is 10.2. The van der Waals surface area contributed by atoms with Crippen LogP contribution in [0.2, 0.25) is 5.02 Å². The van der Waals surface area contributed by atoms with Crippen LogP contribution in [0.15, 0.2) is 17.0 Å². The van der Waals surface area contributed by atoms with Crippen molar-refractivity contribution in [1.29, 1.82) is 0 Å². The van der Waals surface area contributed by atoms with E-state index in [-0.39, 0.29) is 40.6 Å². The third-order valence-corrected chi connectivity index (χ3v) is 6.34. The number of nitrogens with zero attached hydrogens (tertiary/aromatic N) is 2. The van der Waals surface area contributed by atoms with Crippen molar-refractivity contribution in [3.8, 4) is 5.75 Å². The molecular weight excluding hydrogens is 386 g/mol. The number of nitrogens with one attached hydrogen (secondary N) is 1. The van der Waals surface area contributed by atoms with Crippen molar-refractivity contribution in [2.45, 2.75) is 4.90 Å². The molecule has 0 radical (unpaired) electrons. The van der Waals surface area contributed by atoms with Crippen LogP contribution < -0.4 is 10.1 Å². The SMILES string of the molecule is CN(CC(=O)N1CCOCC1)S(=O)(=O)c1cc2c(cc1Cl)NC(=O)CO2. The second kappa shape index (κ2) is 7.39. The molecule has 2 amide bonds. The number of ether oxygens (including phenoxy) is 2. The molecule has 2 heterocycles. The Hall–Kier alpha value is -1.88. The van der Waals surface area contributed by atoms with E-state index in [1.54, 1.807) is 4.90 Å². The molecule has 1 saturated heterocycles. The van der Waals surface area contributed by atoms with Gasteiger partial charge in [-0.25, -0.2) is 8.42 Å². The van der Waals surface area contributed by atoms with E-state index in [1.807, 2.05) is 0 Å². The Bertz CT molecular complexity index is 838. The molecule has 3 rings (SSSR count). The first-order valence-electron chi connectivity index (χ1n) is 7.87. The molecule has 11 heteroatoms. The lowest BCUT2D eigenvalue weighted by Crippen LogP contribution is -2.46. The molecule has 0 aliphatic carbocycles. The number of amides is 2. The fourth-order valence-corrected chi connectivity index (χ4v) is 4.27. The lowest BCUT2D eigenvalue weighted by Gasteiger charge is -2.28. The average Bonchev–Trinajstić information content (AvgIpc) is 2.61. The molecule has 0 atom stereocenters. The first-order chi connectivity index (χ1) is 12.3. The molecule has 1 N–H and O–H groups in total. The van der Waals surface area contributed by atoms with Gasteiger partial charge in [0.15, 0.2) is 6.61 Å². The fraction of sp³-hybridized carbons (Fsp3) is 0.467. The molecule has 9 nitrogen and oxygen atoms in total. The average molecular weight is 404 g/mol. The summed E-state index contributed by atoms with van der Waals surface area (Å²) in [6, 6.07) is 2.57. The Morgan fingerprint density at radius 2 is 2.04 bits per heavy atom. The number of carbonyl (C=O) groups excluding carboxylic acids is 2. The third kappa shape index (κ3) is 3.78. The minimum atomic E-state index is -4.02. The van der Waals surface area contributed by atoms with Crippen molar-refractivity contribution in [3.05, 3.63) is 17.2 Å². The van der Waals surface area contributed by atoms with Crippen molar-refractivity contribution in [3.63, 3.8) is 0 Å². The number of carbonyl (C=O) groups is 2. The summed E-state index contributed by atoms with van der Waals surface area (Å²) < 4.78 is 37.0. The van der Waals surface area contributed by atoms with Crippen molar-refractivity contribution < 1.29 is 27.5 Å². The first-order valence-corrected chi connectivity index (χ1v) is 9.69. The van der Waals surface area contributed by atoms with Crippen molar-refractivity contribution in [2.24, 2.45) is 0 Å². The molecule has 1 aromatic carbocycles. The van der Waals surface area contributed by atoms with E-state index in [0.717, 1.165) is 4.31 Å². The Morgan fingerprint density at radius 3 is 2.73 bits per heavy atom. The predicted octanol–water partition coefficient (Wildman–Crippen LogP) is 0.150. The number of anilines is 1. The van der Waals surface area contributed by atoms with Gasteiger partial charge in [-0.2, -0.15) is 4.31 Å². The molecule has 0 aromatic heterocycles. The van der Waals surface area contributed by atoms with Crippen LogP contribution in [0, 0.1) is 0 Å². The highest BCUT2D eigenvalue weighted by Crippen LogP contribution is 2.36. The molecule has 0 bridgehead atoms. The largest absolute Gasteiger partial charge is 0.482 e. The highest BCUT2D eigenvalue weighted by atomic mass is 35.5. The van der Waals surface area contributed by atoms with Gasteiger partial charge >= 0.3 is 0 Å². The second-order valence-electron chi connectivity index (χ2n) is 5.87. The van der Waals surface area contributed by atoms with E-state index in [2.05, 4.69) is 5.32 Å². The number of benzene rings is 1. The van der Waals surface area contributed by atoms with Gasteiger partial charge in [0.05, 0.1) is 30.5 Å². The van der Waals surface area contributed by atoms with Crippen molar-refractivity contribution in [1.82, 2.24) is 9.21 Å². The van der Waals surface area contributed by atoms with Gasteiger partial charge in [-0.1, -0.05) is 11.6 Å². The van der Waals surface area contributed by atoms with Crippen LogP contribution >= 0.6 is 11.6 Å². The fourth-order valence-electron chi connectivity index (χ4n) is 2.64. The summed E-state index contributed by atoms with van der Waals surface area (Å²) >= 11 is 6.10. The third-order valence-electron chi connectivity index (χ3n) is 4.08. The molecule has 26 heavy (non-hydrogen) atoms. The summed E-state index contributed by atoms with van der Waals surface area (Å²) in [5.41, 5.74) is 0.303. The maximum atomic E-state index is 12.8. The zero-order valence-corrected chi connectivity index (χ0v) is 15.6. The van der Waals surface area contributed by atoms with Crippen molar-refractivity contribution >= 4 is 39.1 Å². The van der Waals surface area contributed by atoms with Crippen LogP contribution in [0.3, 0.4) is 0 Å². The zero-order valence-electron chi connectivity index (χ0n) is 14.0. The number of morpholine rings is 1. The monoisotopic (exact) mass is 403 g/mol. The zero-order chi connectivity index (χ0) is 18.9. The van der Waals surface area contributed by atoms with Gasteiger partial charge in [-0.15, -0.1) is 0 Å². The van der Waals surface area contributed by atoms with E-state index in [1.165, 1.54) is 19.2 Å². The molecule has 142 valence electrons. The highest BCUT2D eigenvalue weighted by molar-refractivity contribution is 7.89. The molecule has 1 aromatic rings. The van der Waals surface area contributed by atoms with Crippen LogP contribution in [-0.4, -0.2) is 75.9 Å². The van der Waals surface area contributed by atoms with Gasteiger partial charge in [0.25, 0.3) is 5.91 Å².